The average molecular weight is 273 g/mol. The van der Waals surface area contributed by atoms with Crippen molar-refractivity contribution >= 4 is 23.2 Å². The Balaban J connectivity index is 2.04. The molecule has 0 bridgehead atoms. The summed E-state index contributed by atoms with van der Waals surface area (Å²) in [6, 6.07) is 6.41. The molecule has 0 amide bonds. The maximum Gasteiger partial charge on any atom is 0.0454 e. The molecule has 0 spiro atoms. The van der Waals surface area contributed by atoms with E-state index >= 15 is 0 Å². The van der Waals surface area contributed by atoms with Crippen molar-refractivity contribution in [3.63, 3.8) is 0 Å². The van der Waals surface area contributed by atoms with E-state index in [2.05, 4.69) is 24.2 Å². The zero-order valence-electron chi connectivity index (χ0n) is 10.2. The van der Waals surface area contributed by atoms with Crippen LogP contribution in [0.4, 0.5) is 0 Å². The van der Waals surface area contributed by atoms with Crippen LogP contribution in [0.15, 0.2) is 18.2 Å². The molecular formula is C13H18Cl2N2. The number of nitrogens with one attached hydrogen (secondary N) is 1. The van der Waals surface area contributed by atoms with Crippen molar-refractivity contribution in [2.45, 2.75) is 25.4 Å². The van der Waals surface area contributed by atoms with Gasteiger partial charge >= 0.3 is 0 Å². The summed E-state index contributed by atoms with van der Waals surface area (Å²) >= 11 is 12.2. The van der Waals surface area contributed by atoms with Gasteiger partial charge in [0.05, 0.1) is 0 Å². The first kappa shape index (κ1) is 13.2. The third-order valence-corrected chi connectivity index (χ3v) is 3.88. The van der Waals surface area contributed by atoms with Crippen molar-refractivity contribution in [1.82, 2.24) is 10.2 Å². The number of hydrogen-bond donors (Lipinski definition) is 1. The van der Waals surface area contributed by atoms with E-state index < -0.39 is 0 Å². The third-order valence-electron chi connectivity index (χ3n) is 3.30. The molecule has 0 aromatic heterocycles. The van der Waals surface area contributed by atoms with Crippen LogP contribution >= 0.6 is 23.2 Å². The van der Waals surface area contributed by atoms with E-state index in [-0.39, 0.29) is 6.04 Å². The van der Waals surface area contributed by atoms with Gasteiger partial charge in [0.1, 0.15) is 0 Å². The number of likely N-dealkylation sites (N-methyl/N-ethyl adjacent to an activating group) is 1. The maximum absolute atomic E-state index is 6.20. The molecule has 0 saturated carbocycles. The SMILES string of the molecule is CC(NC1CCN(C)C1)c1cc(Cl)ccc1Cl. The molecule has 2 unspecified atom stereocenters. The van der Waals surface area contributed by atoms with Crippen LogP contribution in [-0.4, -0.2) is 31.1 Å². The number of hydrogen-bond acceptors (Lipinski definition) is 2. The first-order valence-electron chi connectivity index (χ1n) is 5.96. The zero-order valence-corrected chi connectivity index (χ0v) is 11.7. The Labute approximate surface area is 113 Å². The second kappa shape index (κ2) is 5.57. The largest absolute Gasteiger partial charge is 0.306 e. The standard InChI is InChI=1S/C13H18Cl2N2/c1-9(16-11-5-6-17(2)8-11)12-7-10(14)3-4-13(12)15/h3-4,7,9,11,16H,5-6,8H2,1-2H3. The topological polar surface area (TPSA) is 15.3 Å². The van der Waals surface area contributed by atoms with E-state index in [1.54, 1.807) is 0 Å². The van der Waals surface area contributed by atoms with Gasteiger partial charge in [0.2, 0.25) is 0 Å². The van der Waals surface area contributed by atoms with Gasteiger partial charge < -0.3 is 10.2 Å². The van der Waals surface area contributed by atoms with Gasteiger partial charge in [0.15, 0.2) is 0 Å². The third kappa shape index (κ3) is 3.35. The van der Waals surface area contributed by atoms with Crippen molar-refractivity contribution in [2.75, 3.05) is 20.1 Å². The van der Waals surface area contributed by atoms with Crippen LogP contribution in [0.25, 0.3) is 0 Å². The van der Waals surface area contributed by atoms with Gasteiger partial charge in [-0.15, -0.1) is 0 Å². The lowest BCUT2D eigenvalue weighted by Gasteiger charge is -2.21. The van der Waals surface area contributed by atoms with Gasteiger partial charge in [-0.3, -0.25) is 0 Å². The minimum Gasteiger partial charge on any atom is -0.306 e. The van der Waals surface area contributed by atoms with Gasteiger partial charge in [-0.2, -0.15) is 0 Å². The molecule has 0 radical (unpaired) electrons. The summed E-state index contributed by atoms with van der Waals surface area (Å²) in [6.45, 7) is 4.39. The molecule has 1 fully saturated rings. The quantitative estimate of drug-likeness (QED) is 0.908. The Morgan fingerprint density at radius 1 is 1.41 bits per heavy atom. The normalized spacial score (nSPS) is 22.9. The van der Waals surface area contributed by atoms with Gasteiger partial charge in [0, 0.05) is 28.7 Å². The Morgan fingerprint density at radius 2 is 2.18 bits per heavy atom. The Kier molecular flexibility index (Phi) is 4.31. The lowest BCUT2D eigenvalue weighted by molar-refractivity contribution is 0.387. The van der Waals surface area contributed by atoms with E-state index in [0.717, 1.165) is 28.7 Å². The van der Waals surface area contributed by atoms with E-state index in [1.165, 1.54) is 6.42 Å². The molecular weight excluding hydrogens is 255 g/mol. The summed E-state index contributed by atoms with van der Waals surface area (Å²) in [7, 11) is 2.15. The summed E-state index contributed by atoms with van der Waals surface area (Å²) in [4.78, 5) is 2.34. The fourth-order valence-corrected chi connectivity index (χ4v) is 2.82. The molecule has 1 aromatic carbocycles. The summed E-state index contributed by atoms with van der Waals surface area (Å²) < 4.78 is 0. The molecule has 2 rings (SSSR count). The van der Waals surface area contributed by atoms with Crippen molar-refractivity contribution in [3.05, 3.63) is 33.8 Å². The molecule has 2 atom stereocenters. The van der Waals surface area contributed by atoms with Gasteiger partial charge in [-0.25, -0.2) is 0 Å². The Morgan fingerprint density at radius 3 is 2.82 bits per heavy atom. The van der Waals surface area contributed by atoms with Gasteiger partial charge in [-0.1, -0.05) is 23.2 Å². The van der Waals surface area contributed by atoms with Crippen molar-refractivity contribution in [2.24, 2.45) is 0 Å². The summed E-state index contributed by atoms with van der Waals surface area (Å²) in [6.07, 6.45) is 1.19. The Bertz CT molecular complexity index is 395. The fraction of sp³-hybridized carbons (Fsp3) is 0.538. The molecule has 1 aromatic rings. The fourth-order valence-electron chi connectivity index (χ4n) is 2.36. The number of rotatable bonds is 3. The van der Waals surface area contributed by atoms with Crippen LogP contribution in [0.5, 0.6) is 0 Å². The van der Waals surface area contributed by atoms with Crippen LogP contribution in [0, 0.1) is 0 Å². The second-order valence-electron chi connectivity index (χ2n) is 4.80. The number of nitrogens with zero attached hydrogens (tertiary/aromatic N) is 1. The maximum atomic E-state index is 6.20. The molecule has 1 aliphatic heterocycles. The molecule has 1 aliphatic rings. The summed E-state index contributed by atoms with van der Waals surface area (Å²) in [5.74, 6) is 0. The van der Waals surface area contributed by atoms with Crippen LogP contribution in [0.3, 0.4) is 0 Å². The Hall–Kier alpha value is -0.280. The van der Waals surface area contributed by atoms with Crippen LogP contribution in [-0.2, 0) is 0 Å². The summed E-state index contributed by atoms with van der Waals surface area (Å²) in [5.41, 5.74) is 1.08. The molecule has 1 saturated heterocycles. The predicted molar refractivity (Wildman–Crippen MR) is 73.9 cm³/mol. The van der Waals surface area contributed by atoms with Gasteiger partial charge in [-0.05, 0) is 50.7 Å². The molecule has 94 valence electrons. The first-order valence-corrected chi connectivity index (χ1v) is 6.71. The number of benzene rings is 1. The van der Waals surface area contributed by atoms with Gasteiger partial charge in [0.25, 0.3) is 0 Å². The monoisotopic (exact) mass is 272 g/mol. The average Bonchev–Trinajstić information content (AvgIpc) is 2.67. The van der Waals surface area contributed by atoms with Crippen LogP contribution in [0.1, 0.15) is 24.9 Å². The van der Waals surface area contributed by atoms with E-state index in [0.29, 0.717) is 6.04 Å². The zero-order chi connectivity index (χ0) is 12.4. The molecule has 1 heterocycles. The summed E-state index contributed by atoms with van der Waals surface area (Å²) in [5, 5.41) is 5.12. The van der Waals surface area contributed by atoms with Crippen molar-refractivity contribution in [3.8, 4) is 0 Å². The highest BCUT2D eigenvalue weighted by molar-refractivity contribution is 6.33. The highest BCUT2D eigenvalue weighted by Crippen LogP contribution is 2.27. The molecule has 4 heteroatoms. The molecule has 2 nitrogen and oxygen atoms in total. The first-order chi connectivity index (χ1) is 8.06. The molecule has 0 aliphatic carbocycles. The molecule has 1 N–H and O–H groups in total. The van der Waals surface area contributed by atoms with E-state index in [1.807, 2.05) is 18.2 Å². The highest BCUT2D eigenvalue weighted by atomic mass is 35.5. The number of halogens is 2. The minimum absolute atomic E-state index is 0.234. The van der Waals surface area contributed by atoms with E-state index in [4.69, 9.17) is 23.2 Å². The van der Waals surface area contributed by atoms with Crippen LogP contribution < -0.4 is 5.32 Å². The van der Waals surface area contributed by atoms with E-state index in [9.17, 15) is 0 Å². The highest BCUT2D eigenvalue weighted by Gasteiger charge is 2.22. The smallest absolute Gasteiger partial charge is 0.0454 e. The van der Waals surface area contributed by atoms with Crippen molar-refractivity contribution in [1.29, 1.82) is 0 Å². The molecule has 17 heavy (non-hydrogen) atoms. The lowest BCUT2D eigenvalue weighted by atomic mass is 10.1. The second-order valence-corrected chi connectivity index (χ2v) is 5.65. The lowest BCUT2D eigenvalue weighted by Crippen LogP contribution is -2.33. The predicted octanol–water partition coefficient (Wildman–Crippen LogP) is 3.35. The minimum atomic E-state index is 0.234. The van der Waals surface area contributed by atoms with Crippen molar-refractivity contribution < 1.29 is 0 Å². The number of likely N-dealkylation sites (tertiary alicyclic amines) is 1. The van der Waals surface area contributed by atoms with Crippen LogP contribution in [0.2, 0.25) is 10.0 Å².